The highest BCUT2D eigenvalue weighted by Crippen LogP contribution is 2.18. The van der Waals surface area contributed by atoms with E-state index in [2.05, 4.69) is 39.2 Å². The van der Waals surface area contributed by atoms with Crippen molar-refractivity contribution >= 4 is 17.3 Å². The van der Waals surface area contributed by atoms with Crippen LogP contribution in [0, 0.1) is 6.92 Å². The summed E-state index contributed by atoms with van der Waals surface area (Å²) >= 11 is 1.74. The van der Waals surface area contributed by atoms with Gasteiger partial charge in [-0.05, 0) is 31.4 Å². The molecule has 2 aromatic rings. The van der Waals surface area contributed by atoms with E-state index in [1.165, 1.54) is 10.6 Å². The molecule has 1 aromatic heterocycles. The molecule has 1 aromatic carbocycles. The van der Waals surface area contributed by atoms with Crippen molar-refractivity contribution < 1.29 is 17.9 Å². The van der Waals surface area contributed by atoms with Crippen molar-refractivity contribution in [2.24, 2.45) is 4.99 Å². The molecule has 0 unspecified atom stereocenters. The van der Waals surface area contributed by atoms with Gasteiger partial charge in [0.1, 0.15) is 6.61 Å². The minimum Gasteiger partial charge on any atom is -0.367 e. The standard InChI is InChI=1S/C21H29F3N4OS/c1-4-18-15(3)30-19(28-18)10-11-26-20(25-5-2)27-12-16-6-8-17(9-7-16)13-29-14-21(22,23)24/h6-9H,4-5,10-14H2,1-3H3,(H2,25,26,27). The summed E-state index contributed by atoms with van der Waals surface area (Å²) in [5.74, 6) is 0.721. The van der Waals surface area contributed by atoms with Gasteiger partial charge in [0.05, 0.1) is 23.9 Å². The molecule has 0 bridgehead atoms. The normalized spacial score (nSPS) is 12.3. The Labute approximate surface area is 179 Å². The van der Waals surface area contributed by atoms with E-state index in [1.54, 1.807) is 23.5 Å². The van der Waals surface area contributed by atoms with Crippen molar-refractivity contribution in [1.29, 1.82) is 0 Å². The first-order chi connectivity index (χ1) is 14.3. The van der Waals surface area contributed by atoms with Crippen LogP contribution >= 0.6 is 11.3 Å². The van der Waals surface area contributed by atoms with E-state index in [9.17, 15) is 13.2 Å². The number of rotatable bonds is 10. The second-order valence-electron chi connectivity index (χ2n) is 6.76. The zero-order chi connectivity index (χ0) is 22.0. The van der Waals surface area contributed by atoms with Gasteiger partial charge in [0, 0.05) is 24.4 Å². The summed E-state index contributed by atoms with van der Waals surface area (Å²) in [6.07, 6.45) is -2.52. The number of hydrogen-bond donors (Lipinski definition) is 2. The molecule has 0 fully saturated rings. The Bertz CT molecular complexity index is 804. The summed E-state index contributed by atoms with van der Waals surface area (Å²) in [7, 11) is 0. The second-order valence-corrected chi connectivity index (χ2v) is 8.05. The molecule has 0 saturated heterocycles. The van der Waals surface area contributed by atoms with Crippen LogP contribution in [-0.4, -0.2) is 36.8 Å². The molecule has 0 aliphatic heterocycles. The number of thiazole rings is 1. The summed E-state index contributed by atoms with van der Waals surface area (Å²) in [4.78, 5) is 10.5. The average molecular weight is 443 g/mol. The molecule has 2 N–H and O–H groups in total. The monoisotopic (exact) mass is 442 g/mol. The van der Waals surface area contributed by atoms with E-state index in [1.807, 2.05) is 19.1 Å². The number of alkyl halides is 3. The molecule has 30 heavy (non-hydrogen) atoms. The molecule has 166 valence electrons. The number of guanidine groups is 1. The maximum absolute atomic E-state index is 12.1. The maximum Gasteiger partial charge on any atom is 0.411 e. The second kappa shape index (κ2) is 11.9. The van der Waals surface area contributed by atoms with Gasteiger partial charge in [-0.2, -0.15) is 13.2 Å². The summed E-state index contributed by atoms with van der Waals surface area (Å²) in [6.45, 7) is 6.87. The Morgan fingerprint density at radius 1 is 1.13 bits per heavy atom. The van der Waals surface area contributed by atoms with Crippen molar-refractivity contribution in [3.05, 3.63) is 51.0 Å². The number of aromatic nitrogens is 1. The van der Waals surface area contributed by atoms with E-state index in [-0.39, 0.29) is 6.61 Å². The zero-order valence-electron chi connectivity index (χ0n) is 17.6. The largest absolute Gasteiger partial charge is 0.411 e. The first kappa shape index (κ1) is 24.1. The van der Waals surface area contributed by atoms with Crippen LogP contribution < -0.4 is 10.6 Å². The van der Waals surface area contributed by atoms with Crippen molar-refractivity contribution in [3.8, 4) is 0 Å². The fourth-order valence-electron chi connectivity index (χ4n) is 2.75. The predicted molar refractivity (Wildman–Crippen MR) is 115 cm³/mol. The number of nitrogens with one attached hydrogen (secondary N) is 2. The van der Waals surface area contributed by atoms with Crippen molar-refractivity contribution in [1.82, 2.24) is 15.6 Å². The van der Waals surface area contributed by atoms with Gasteiger partial charge in [0.25, 0.3) is 0 Å². The zero-order valence-corrected chi connectivity index (χ0v) is 18.4. The first-order valence-electron chi connectivity index (χ1n) is 10.0. The fraction of sp³-hybridized carbons (Fsp3) is 0.524. The summed E-state index contributed by atoms with van der Waals surface area (Å²) < 4.78 is 41.1. The highest BCUT2D eigenvalue weighted by Gasteiger charge is 2.27. The Morgan fingerprint density at radius 2 is 1.83 bits per heavy atom. The van der Waals surface area contributed by atoms with Crippen LogP contribution in [0.1, 0.15) is 40.6 Å². The molecule has 0 atom stereocenters. The molecule has 0 aliphatic rings. The fourth-order valence-corrected chi connectivity index (χ4v) is 3.77. The van der Waals surface area contributed by atoms with Crippen LogP contribution in [0.3, 0.4) is 0 Å². The van der Waals surface area contributed by atoms with Gasteiger partial charge in [0.15, 0.2) is 5.96 Å². The third-order valence-corrected chi connectivity index (χ3v) is 5.30. The number of benzene rings is 1. The molecular weight excluding hydrogens is 413 g/mol. The van der Waals surface area contributed by atoms with E-state index in [4.69, 9.17) is 0 Å². The lowest BCUT2D eigenvalue weighted by Gasteiger charge is -2.11. The summed E-state index contributed by atoms with van der Waals surface area (Å²) in [6, 6.07) is 7.23. The number of aryl methyl sites for hydroxylation is 2. The molecule has 9 heteroatoms. The van der Waals surface area contributed by atoms with Gasteiger partial charge in [-0.3, -0.25) is 0 Å². The van der Waals surface area contributed by atoms with Gasteiger partial charge in [0.2, 0.25) is 0 Å². The smallest absolute Gasteiger partial charge is 0.367 e. The highest BCUT2D eigenvalue weighted by molar-refractivity contribution is 7.11. The van der Waals surface area contributed by atoms with Gasteiger partial charge < -0.3 is 15.4 Å². The third-order valence-electron chi connectivity index (χ3n) is 4.22. The van der Waals surface area contributed by atoms with Gasteiger partial charge in [-0.15, -0.1) is 11.3 Å². The van der Waals surface area contributed by atoms with Crippen LogP contribution in [-0.2, 0) is 30.7 Å². The van der Waals surface area contributed by atoms with E-state index >= 15 is 0 Å². The molecule has 5 nitrogen and oxygen atoms in total. The van der Waals surface area contributed by atoms with Gasteiger partial charge in [-0.1, -0.05) is 31.2 Å². The minimum atomic E-state index is -4.30. The first-order valence-corrected chi connectivity index (χ1v) is 10.8. The molecule has 0 amide bonds. The van der Waals surface area contributed by atoms with Crippen LogP contribution in [0.4, 0.5) is 13.2 Å². The molecule has 0 aliphatic carbocycles. The number of ether oxygens (including phenoxy) is 1. The minimum absolute atomic E-state index is 0.0662. The maximum atomic E-state index is 12.1. The van der Waals surface area contributed by atoms with Crippen LogP contribution in [0.5, 0.6) is 0 Å². The van der Waals surface area contributed by atoms with E-state index in [0.29, 0.717) is 12.1 Å². The Kier molecular flexibility index (Phi) is 9.58. The predicted octanol–water partition coefficient (Wildman–Crippen LogP) is 4.39. The SMILES string of the molecule is CCNC(=NCc1ccc(COCC(F)(F)F)cc1)NCCc1nc(CC)c(C)s1. The number of halogens is 3. The molecule has 0 radical (unpaired) electrons. The van der Waals surface area contributed by atoms with Crippen LogP contribution in [0.25, 0.3) is 0 Å². The lowest BCUT2D eigenvalue weighted by atomic mass is 10.1. The van der Waals surface area contributed by atoms with Crippen LogP contribution in [0.2, 0.25) is 0 Å². The average Bonchev–Trinajstić information content (AvgIpc) is 3.05. The number of aliphatic imine (C=N–C) groups is 1. The van der Waals surface area contributed by atoms with Crippen molar-refractivity contribution in [2.45, 2.75) is 52.9 Å². The Hall–Kier alpha value is -2.13. The molecular formula is C21H29F3N4OS. The van der Waals surface area contributed by atoms with Crippen molar-refractivity contribution in [2.75, 3.05) is 19.7 Å². The summed E-state index contributed by atoms with van der Waals surface area (Å²) in [5, 5.41) is 7.66. The topological polar surface area (TPSA) is 58.5 Å². The summed E-state index contributed by atoms with van der Waals surface area (Å²) in [5.41, 5.74) is 2.83. The third kappa shape index (κ3) is 8.71. The lowest BCUT2D eigenvalue weighted by Crippen LogP contribution is -2.38. The lowest BCUT2D eigenvalue weighted by molar-refractivity contribution is -0.176. The molecule has 1 heterocycles. The Balaban J connectivity index is 1.82. The van der Waals surface area contributed by atoms with Gasteiger partial charge >= 0.3 is 6.18 Å². The number of hydrogen-bond acceptors (Lipinski definition) is 4. The number of nitrogens with zero attached hydrogens (tertiary/aromatic N) is 2. The Morgan fingerprint density at radius 3 is 2.43 bits per heavy atom. The molecule has 0 spiro atoms. The molecule has 0 saturated carbocycles. The van der Waals surface area contributed by atoms with Crippen molar-refractivity contribution in [3.63, 3.8) is 0 Å². The quantitative estimate of drug-likeness (QED) is 0.423. The van der Waals surface area contributed by atoms with Gasteiger partial charge in [-0.25, -0.2) is 9.98 Å². The molecule has 2 rings (SSSR count). The van der Waals surface area contributed by atoms with E-state index < -0.39 is 12.8 Å². The van der Waals surface area contributed by atoms with Crippen LogP contribution in [0.15, 0.2) is 29.3 Å². The highest BCUT2D eigenvalue weighted by atomic mass is 32.1. The van der Waals surface area contributed by atoms with E-state index in [0.717, 1.165) is 42.5 Å².